The first-order valence-corrected chi connectivity index (χ1v) is 7.09. The Balaban J connectivity index is 2.18. The molecule has 0 spiro atoms. The van der Waals surface area contributed by atoms with Gasteiger partial charge in [-0.05, 0) is 17.2 Å². The van der Waals surface area contributed by atoms with E-state index in [4.69, 9.17) is 4.74 Å². The Labute approximate surface area is 129 Å². The highest BCUT2D eigenvalue weighted by atomic mass is 16.5. The van der Waals surface area contributed by atoms with Crippen LogP contribution >= 0.6 is 0 Å². The number of nitrogens with zero attached hydrogens (tertiary/aromatic N) is 1. The minimum Gasteiger partial charge on any atom is -0.481 e. The van der Waals surface area contributed by atoms with E-state index in [0.29, 0.717) is 11.4 Å². The van der Waals surface area contributed by atoms with Crippen LogP contribution in [0.1, 0.15) is 16.7 Å². The summed E-state index contributed by atoms with van der Waals surface area (Å²) >= 11 is 0. The number of benzene rings is 2. The van der Waals surface area contributed by atoms with Gasteiger partial charge in [0.05, 0.1) is 7.11 Å². The Morgan fingerprint density at radius 2 is 1.32 bits per heavy atom. The van der Waals surface area contributed by atoms with E-state index in [1.165, 1.54) is 0 Å². The van der Waals surface area contributed by atoms with E-state index in [1.54, 1.807) is 19.4 Å². The second kappa shape index (κ2) is 6.00. The van der Waals surface area contributed by atoms with Crippen LogP contribution < -0.4 is 4.74 Å². The number of rotatable bonds is 4. The Bertz CT molecular complexity index is 685. The first-order chi connectivity index (χ1) is 10.7. The van der Waals surface area contributed by atoms with Crippen LogP contribution in [0.15, 0.2) is 79.0 Å². The molecule has 110 valence electrons. The zero-order chi connectivity index (χ0) is 15.4. The van der Waals surface area contributed by atoms with Crippen LogP contribution in [0, 0.1) is 0 Å². The van der Waals surface area contributed by atoms with Crippen LogP contribution in [0.3, 0.4) is 0 Å². The van der Waals surface area contributed by atoms with Crippen LogP contribution in [0.25, 0.3) is 0 Å². The average molecular weight is 291 g/mol. The lowest BCUT2D eigenvalue weighted by Crippen LogP contribution is -2.28. The van der Waals surface area contributed by atoms with Gasteiger partial charge >= 0.3 is 0 Å². The van der Waals surface area contributed by atoms with Gasteiger partial charge in [0, 0.05) is 17.8 Å². The fraction of sp³-hybridized carbons (Fsp3) is 0.105. The molecule has 0 fully saturated rings. The first-order valence-electron chi connectivity index (χ1n) is 7.09. The van der Waals surface area contributed by atoms with Gasteiger partial charge in [-0.3, -0.25) is 0 Å². The summed E-state index contributed by atoms with van der Waals surface area (Å²) < 4.78 is 5.10. The normalized spacial score (nSPS) is 11.2. The van der Waals surface area contributed by atoms with Crippen molar-refractivity contribution in [2.24, 2.45) is 0 Å². The Morgan fingerprint density at radius 3 is 1.73 bits per heavy atom. The Kier molecular flexibility index (Phi) is 3.90. The standard InChI is InChI=1S/C19H17NO2/c1-22-18-13-12-17(14-20-18)19(21,15-8-4-2-5-9-15)16-10-6-3-7-11-16/h2-14,21H,1H3. The molecule has 0 bridgehead atoms. The first kappa shape index (κ1) is 14.3. The minimum atomic E-state index is -1.25. The largest absolute Gasteiger partial charge is 0.481 e. The van der Waals surface area contributed by atoms with E-state index >= 15 is 0 Å². The Morgan fingerprint density at radius 1 is 0.773 bits per heavy atom. The van der Waals surface area contributed by atoms with Crippen molar-refractivity contribution >= 4 is 0 Å². The number of hydrogen-bond acceptors (Lipinski definition) is 3. The summed E-state index contributed by atoms with van der Waals surface area (Å²) in [6.45, 7) is 0. The molecule has 1 heterocycles. The molecule has 22 heavy (non-hydrogen) atoms. The van der Waals surface area contributed by atoms with Gasteiger partial charge in [0.1, 0.15) is 5.60 Å². The number of pyridine rings is 1. The number of ether oxygens (including phenoxy) is 1. The highest BCUT2D eigenvalue weighted by Crippen LogP contribution is 2.36. The molecule has 0 unspecified atom stereocenters. The topological polar surface area (TPSA) is 42.4 Å². The third-order valence-corrected chi connectivity index (χ3v) is 3.75. The maximum absolute atomic E-state index is 11.5. The molecule has 3 aromatic rings. The SMILES string of the molecule is COc1ccc(C(O)(c2ccccc2)c2ccccc2)cn1. The van der Waals surface area contributed by atoms with Crippen molar-refractivity contribution in [3.63, 3.8) is 0 Å². The quantitative estimate of drug-likeness (QED) is 0.801. The molecule has 0 amide bonds. The minimum absolute atomic E-state index is 0.521. The zero-order valence-electron chi connectivity index (χ0n) is 12.3. The van der Waals surface area contributed by atoms with Gasteiger partial charge in [-0.1, -0.05) is 60.7 Å². The van der Waals surface area contributed by atoms with Crippen LogP contribution in [0.2, 0.25) is 0 Å². The van der Waals surface area contributed by atoms with Gasteiger partial charge < -0.3 is 9.84 Å². The predicted octanol–water partition coefficient (Wildman–Crippen LogP) is 3.37. The number of hydrogen-bond donors (Lipinski definition) is 1. The molecule has 1 N–H and O–H groups in total. The molecule has 0 saturated carbocycles. The lowest BCUT2D eigenvalue weighted by molar-refractivity contribution is 0.125. The number of aliphatic hydroxyl groups is 1. The van der Waals surface area contributed by atoms with Crippen LogP contribution in [0.4, 0.5) is 0 Å². The highest BCUT2D eigenvalue weighted by Gasteiger charge is 2.33. The van der Waals surface area contributed by atoms with E-state index < -0.39 is 5.60 Å². The fourth-order valence-electron chi connectivity index (χ4n) is 2.57. The molecular formula is C19H17NO2. The summed E-state index contributed by atoms with van der Waals surface area (Å²) in [6, 6.07) is 22.8. The fourth-order valence-corrected chi connectivity index (χ4v) is 2.57. The van der Waals surface area contributed by atoms with Crippen molar-refractivity contribution in [1.82, 2.24) is 4.98 Å². The molecule has 0 aliphatic heterocycles. The average Bonchev–Trinajstić information content (AvgIpc) is 2.62. The van der Waals surface area contributed by atoms with Crippen molar-refractivity contribution in [2.75, 3.05) is 7.11 Å². The predicted molar refractivity (Wildman–Crippen MR) is 85.8 cm³/mol. The van der Waals surface area contributed by atoms with E-state index in [9.17, 15) is 5.11 Å². The molecular weight excluding hydrogens is 274 g/mol. The molecule has 3 rings (SSSR count). The van der Waals surface area contributed by atoms with Crippen LogP contribution in [0.5, 0.6) is 5.88 Å². The molecule has 3 heteroatoms. The summed E-state index contributed by atoms with van der Waals surface area (Å²) in [5.41, 5.74) is 1.05. The van der Waals surface area contributed by atoms with Crippen LogP contribution in [-0.4, -0.2) is 17.2 Å². The van der Waals surface area contributed by atoms with Gasteiger partial charge in [0.2, 0.25) is 5.88 Å². The summed E-state index contributed by atoms with van der Waals surface area (Å²) in [5.74, 6) is 0.521. The van der Waals surface area contributed by atoms with E-state index in [0.717, 1.165) is 11.1 Å². The van der Waals surface area contributed by atoms with E-state index in [-0.39, 0.29) is 0 Å². The summed E-state index contributed by atoms with van der Waals surface area (Å²) in [7, 11) is 1.57. The third kappa shape index (κ3) is 2.47. The lowest BCUT2D eigenvalue weighted by Gasteiger charge is -2.29. The highest BCUT2D eigenvalue weighted by molar-refractivity contribution is 5.46. The number of methoxy groups -OCH3 is 1. The maximum Gasteiger partial charge on any atom is 0.212 e. The van der Waals surface area contributed by atoms with Gasteiger partial charge in [0.15, 0.2) is 0 Å². The van der Waals surface area contributed by atoms with Gasteiger partial charge in [-0.2, -0.15) is 0 Å². The molecule has 0 aliphatic rings. The van der Waals surface area contributed by atoms with Crippen molar-refractivity contribution < 1.29 is 9.84 Å². The zero-order valence-corrected chi connectivity index (χ0v) is 12.3. The van der Waals surface area contributed by atoms with Gasteiger partial charge in [-0.15, -0.1) is 0 Å². The van der Waals surface area contributed by atoms with E-state index in [1.807, 2.05) is 66.7 Å². The maximum atomic E-state index is 11.5. The molecule has 0 aliphatic carbocycles. The van der Waals surface area contributed by atoms with Gasteiger partial charge in [-0.25, -0.2) is 4.98 Å². The second-order valence-corrected chi connectivity index (χ2v) is 5.03. The monoisotopic (exact) mass is 291 g/mol. The number of aromatic nitrogens is 1. The molecule has 1 aromatic heterocycles. The van der Waals surface area contributed by atoms with Gasteiger partial charge in [0.25, 0.3) is 0 Å². The van der Waals surface area contributed by atoms with Crippen molar-refractivity contribution in [3.8, 4) is 5.88 Å². The third-order valence-electron chi connectivity index (χ3n) is 3.75. The Hall–Kier alpha value is -2.65. The summed E-state index contributed by atoms with van der Waals surface area (Å²) in [5, 5.41) is 11.5. The lowest BCUT2D eigenvalue weighted by atomic mass is 9.81. The molecule has 0 saturated heterocycles. The molecule has 0 radical (unpaired) electrons. The molecule has 3 nitrogen and oxygen atoms in total. The smallest absolute Gasteiger partial charge is 0.212 e. The summed E-state index contributed by atoms with van der Waals surface area (Å²) in [4.78, 5) is 4.23. The molecule has 2 aromatic carbocycles. The molecule has 0 atom stereocenters. The second-order valence-electron chi connectivity index (χ2n) is 5.03. The van der Waals surface area contributed by atoms with E-state index in [2.05, 4.69) is 4.98 Å². The summed E-state index contributed by atoms with van der Waals surface area (Å²) in [6.07, 6.45) is 1.65. The van der Waals surface area contributed by atoms with Crippen molar-refractivity contribution in [3.05, 3.63) is 95.7 Å². The van der Waals surface area contributed by atoms with Crippen molar-refractivity contribution in [2.45, 2.75) is 5.60 Å². The van der Waals surface area contributed by atoms with Crippen LogP contribution in [-0.2, 0) is 5.60 Å². The van der Waals surface area contributed by atoms with Crippen molar-refractivity contribution in [1.29, 1.82) is 0 Å².